The third-order valence-corrected chi connectivity index (χ3v) is 3.98. The molecule has 134 valence electrons. The van der Waals surface area contributed by atoms with Crippen LogP contribution in [0.5, 0.6) is 0 Å². The summed E-state index contributed by atoms with van der Waals surface area (Å²) in [6, 6.07) is 9.55. The smallest absolute Gasteiger partial charge is 0.270 e. The molecule has 1 N–H and O–H groups in total. The van der Waals surface area contributed by atoms with Crippen molar-refractivity contribution < 1.29 is 14.3 Å². The quantitative estimate of drug-likeness (QED) is 0.868. The molecule has 2 heterocycles. The summed E-state index contributed by atoms with van der Waals surface area (Å²) in [5, 5.41) is 0. The predicted octanol–water partition coefficient (Wildman–Crippen LogP) is 3.25. The van der Waals surface area contributed by atoms with Gasteiger partial charge in [-0.2, -0.15) is 0 Å². The Labute approximate surface area is 149 Å². The van der Waals surface area contributed by atoms with Crippen molar-refractivity contribution in [1.82, 2.24) is 9.88 Å². The normalized spacial score (nSPS) is 13.8. The van der Waals surface area contributed by atoms with Gasteiger partial charge in [-0.15, -0.1) is 0 Å². The van der Waals surface area contributed by atoms with Crippen molar-refractivity contribution in [2.45, 2.75) is 27.2 Å². The fourth-order valence-corrected chi connectivity index (χ4v) is 2.73. The first-order chi connectivity index (χ1) is 12.1. The van der Waals surface area contributed by atoms with Gasteiger partial charge in [-0.05, 0) is 18.6 Å². The summed E-state index contributed by atoms with van der Waals surface area (Å²) in [6.45, 7) is 8.30. The second-order valence-electron chi connectivity index (χ2n) is 5.80. The van der Waals surface area contributed by atoms with Crippen LogP contribution in [0, 0.1) is 6.92 Å². The number of hydrogen-bond acceptors (Lipinski definition) is 3. The molecular formula is C20H26N2O3. The second kappa shape index (κ2) is 9.18. The summed E-state index contributed by atoms with van der Waals surface area (Å²) in [6.07, 6.45) is 1.95. The molecule has 1 fully saturated rings. The summed E-state index contributed by atoms with van der Waals surface area (Å²) < 4.78 is 5.25. The average Bonchev–Trinajstić information content (AvgIpc) is 3.14. The van der Waals surface area contributed by atoms with E-state index in [2.05, 4.69) is 4.98 Å². The highest BCUT2D eigenvalue weighted by atomic mass is 16.5. The van der Waals surface area contributed by atoms with Crippen LogP contribution in [-0.2, 0) is 11.2 Å². The number of benzene rings is 1. The molecule has 1 aliphatic heterocycles. The van der Waals surface area contributed by atoms with Crippen LogP contribution in [0.1, 0.15) is 45.8 Å². The van der Waals surface area contributed by atoms with Gasteiger partial charge < -0.3 is 14.6 Å². The standard InChI is InChI=1S/C18H20N2O3.C2H6/c1-13-3-2-4-14(9-13)10-17(21)15-11-16(19-12-15)18(22)20-5-7-23-8-6-20;1-2/h2-4,9,11-12,19H,5-8,10H2,1H3;1-2H3. The van der Waals surface area contributed by atoms with Crippen molar-refractivity contribution in [3.63, 3.8) is 0 Å². The minimum atomic E-state index is -0.0806. The van der Waals surface area contributed by atoms with Crippen LogP contribution in [0.4, 0.5) is 0 Å². The van der Waals surface area contributed by atoms with Crippen LogP contribution >= 0.6 is 0 Å². The third-order valence-electron chi connectivity index (χ3n) is 3.98. The van der Waals surface area contributed by atoms with E-state index < -0.39 is 0 Å². The first kappa shape index (κ1) is 18.9. The molecule has 1 aromatic carbocycles. The molecule has 5 nitrogen and oxygen atoms in total. The van der Waals surface area contributed by atoms with E-state index in [1.165, 1.54) is 0 Å². The number of amides is 1. The maximum Gasteiger partial charge on any atom is 0.270 e. The number of ether oxygens (including phenoxy) is 1. The SMILES string of the molecule is CC.Cc1cccc(CC(=O)c2c[nH]c(C(=O)N3CCOCC3)c2)c1. The van der Waals surface area contributed by atoms with Crippen LogP contribution in [0.15, 0.2) is 36.5 Å². The Morgan fingerprint density at radius 2 is 1.88 bits per heavy atom. The number of aryl methyl sites for hydroxylation is 1. The molecule has 0 spiro atoms. The molecule has 1 amide bonds. The van der Waals surface area contributed by atoms with Crippen molar-refractivity contribution in [3.8, 4) is 0 Å². The lowest BCUT2D eigenvalue weighted by atomic mass is 10.0. The van der Waals surface area contributed by atoms with Gasteiger partial charge in [-0.3, -0.25) is 9.59 Å². The van der Waals surface area contributed by atoms with E-state index in [-0.39, 0.29) is 11.7 Å². The largest absolute Gasteiger partial charge is 0.378 e. The molecule has 0 saturated carbocycles. The second-order valence-corrected chi connectivity index (χ2v) is 5.80. The van der Waals surface area contributed by atoms with Crippen LogP contribution in [0.25, 0.3) is 0 Å². The Morgan fingerprint density at radius 3 is 2.56 bits per heavy atom. The molecule has 1 aliphatic rings. The van der Waals surface area contributed by atoms with E-state index in [4.69, 9.17) is 4.74 Å². The molecule has 0 aliphatic carbocycles. The van der Waals surface area contributed by atoms with Crippen molar-refractivity contribution >= 4 is 11.7 Å². The van der Waals surface area contributed by atoms with Gasteiger partial charge in [0.25, 0.3) is 5.91 Å². The molecule has 0 radical (unpaired) electrons. The van der Waals surface area contributed by atoms with Gasteiger partial charge in [-0.1, -0.05) is 43.7 Å². The molecule has 0 atom stereocenters. The zero-order chi connectivity index (χ0) is 18.2. The number of ketones is 1. The highest BCUT2D eigenvalue weighted by Crippen LogP contribution is 2.13. The highest BCUT2D eigenvalue weighted by molar-refractivity contribution is 6.01. The van der Waals surface area contributed by atoms with E-state index in [9.17, 15) is 9.59 Å². The third kappa shape index (κ3) is 5.03. The van der Waals surface area contributed by atoms with Crippen molar-refractivity contribution in [3.05, 3.63) is 58.9 Å². The van der Waals surface area contributed by atoms with E-state index >= 15 is 0 Å². The Morgan fingerprint density at radius 1 is 1.16 bits per heavy atom. The van der Waals surface area contributed by atoms with Gasteiger partial charge in [-0.25, -0.2) is 0 Å². The van der Waals surface area contributed by atoms with Crippen LogP contribution < -0.4 is 0 Å². The number of aromatic amines is 1. The number of nitrogens with zero attached hydrogens (tertiary/aromatic N) is 1. The van der Waals surface area contributed by atoms with Gasteiger partial charge in [0.05, 0.1) is 13.2 Å². The molecule has 1 saturated heterocycles. The zero-order valence-corrected chi connectivity index (χ0v) is 15.2. The van der Waals surface area contributed by atoms with Gasteiger partial charge >= 0.3 is 0 Å². The first-order valence-corrected chi connectivity index (χ1v) is 8.77. The predicted molar refractivity (Wildman–Crippen MR) is 98.1 cm³/mol. The number of carbonyl (C=O) groups excluding carboxylic acids is 2. The van der Waals surface area contributed by atoms with Gasteiger partial charge in [0.1, 0.15) is 5.69 Å². The number of hydrogen-bond donors (Lipinski definition) is 1. The van der Waals surface area contributed by atoms with E-state index in [1.54, 1.807) is 17.2 Å². The van der Waals surface area contributed by atoms with Crippen LogP contribution in [-0.4, -0.2) is 47.9 Å². The van der Waals surface area contributed by atoms with Gasteiger partial charge in [0, 0.05) is 31.3 Å². The molecule has 1 aromatic heterocycles. The molecule has 5 heteroatoms. The summed E-state index contributed by atoms with van der Waals surface area (Å²) in [5.41, 5.74) is 3.12. The first-order valence-electron chi connectivity index (χ1n) is 8.77. The van der Waals surface area contributed by atoms with Crippen molar-refractivity contribution in [1.29, 1.82) is 0 Å². The maximum absolute atomic E-state index is 12.4. The number of carbonyl (C=O) groups is 2. The highest BCUT2D eigenvalue weighted by Gasteiger charge is 2.21. The van der Waals surface area contributed by atoms with E-state index in [0.717, 1.165) is 11.1 Å². The number of aromatic nitrogens is 1. The fraction of sp³-hybridized carbons (Fsp3) is 0.400. The molecule has 2 aromatic rings. The number of nitrogens with one attached hydrogen (secondary N) is 1. The Balaban J connectivity index is 0.00000109. The lowest BCUT2D eigenvalue weighted by Gasteiger charge is -2.26. The Hall–Kier alpha value is -2.40. The van der Waals surface area contributed by atoms with E-state index in [0.29, 0.717) is 44.0 Å². The molecule has 0 bridgehead atoms. The van der Waals surface area contributed by atoms with Crippen molar-refractivity contribution in [2.75, 3.05) is 26.3 Å². The van der Waals surface area contributed by atoms with Gasteiger partial charge in [0.2, 0.25) is 0 Å². The number of rotatable bonds is 4. The van der Waals surface area contributed by atoms with Crippen molar-refractivity contribution in [2.24, 2.45) is 0 Å². The van der Waals surface area contributed by atoms with E-state index in [1.807, 2.05) is 45.0 Å². The maximum atomic E-state index is 12.4. The minimum Gasteiger partial charge on any atom is -0.378 e. The summed E-state index contributed by atoms with van der Waals surface area (Å²) >= 11 is 0. The van der Waals surface area contributed by atoms with Crippen LogP contribution in [0.3, 0.4) is 0 Å². The summed E-state index contributed by atoms with van der Waals surface area (Å²) in [7, 11) is 0. The lowest BCUT2D eigenvalue weighted by Crippen LogP contribution is -2.40. The molecule has 3 rings (SSSR count). The van der Waals surface area contributed by atoms with Gasteiger partial charge in [0.15, 0.2) is 5.78 Å². The minimum absolute atomic E-state index is 0.00729. The van der Waals surface area contributed by atoms with Crippen LogP contribution in [0.2, 0.25) is 0 Å². The molecular weight excluding hydrogens is 316 g/mol. The number of morpholine rings is 1. The Bertz CT molecular complexity index is 715. The molecule has 25 heavy (non-hydrogen) atoms. The average molecular weight is 342 g/mol. The lowest BCUT2D eigenvalue weighted by molar-refractivity contribution is 0.0299. The number of Topliss-reactive ketones (excluding diaryl/α,β-unsaturated/α-hetero) is 1. The molecule has 0 unspecified atom stereocenters. The fourth-order valence-electron chi connectivity index (χ4n) is 2.73. The Kier molecular flexibility index (Phi) is 6.95. The summed E-state index contributed by atoms with van der Waals surface area (Å²) in [5.74, 6) is -0.0733. The summed E-state index contributed by atoms with van der Waals surface area (Å²) in [4.78, 5) is 29.4. The zero-order valence-electron chi connectivity index (χ0n) is 15.2. The number of H-pyrrole nitrogens is 1. The monoisotopic (exact) mass is 342 g/mol. The topological polar surface area (TPSA) is 62.4 Å².